The van der Waals surface area contributed by atoms with Crippen molar-refractivity contribution < 1.29 is 13.2 Å². The predicted octanol–water partition coefficient (Wildman–Crippen LogP) is 5.60. The summed E-state index contributed by atoms with van der Waals surface area (Å²) in [6.07, 6.45) is 9.15. The van der Waals surface area contributed by atoms with Gasteiger partial charge in [0.1, 0.15) is 0 Å². The van der Waals surface area contributed by atoms with Crippen molar-refractivity contribution in [2.75, 3.05) is 0 Å². The molecule has 2 saturated carbocycles. The molecule has 0 saturated heterocycles. The van der Waals surface area contributed by atoms with E-state index in [9.17, 15) is 13.2 Å². The molecule has 2 aliphatic carbocycles. The summed E-state index contributed by atoms with van der Waals surface area (Å²) in [5, 5.41) is 0. The second-order valence-corrected chi connectivity index (χ2v) is 7.27. The highest BCUT2D eigenvalue weighted by Crippen LogP contribution is 2.44. The van der Waals surface area contributed by atoms with Gasteiger partial charge < -0.3 is 0 Å². The van der Waals surface area contributed by atoms with Crippen molar-refractivity contribution in [3.8, 4) is 0 Å². The van der Waals surface area contributed by atoms with E-state index >= 15 is 0 Å². The van der Waals surface area contributed by atoms with E-state index in [1.165, 1.54) is 25.7 Å². The van der Waals surface area contributed by atoms with Crippen LogP contribution in [0.5, 0.6) is 0 Å². The zero-order valence-electron chi connectivity index (χ0n) is 13.1. The molecule has 1 heterocycles. The Morgan fingerprint density at radius 2 is 1.36 bits per heavy atom. The van der Waals surface area contributed by atoms with Crippen molar-refractivity contribution in [3.63, 3.8) is 0 Å². The minimum absolute atomic E-state index is 0.0126. The molecule has 3 rings (SSSR count). The van der Waals surface area contributed by atoms with Crippen LogP contribution in [-0.2, 0) is 0 Å². The summed E-state index contributed by atoms with van der Waals surface area (Å²) in [5.41, 5.74) is 0.259. The minimum Gasteiger partial charge on any atom is -0.202 e. The molecule has 0 aromatic carbocycles. The van der Waals surface area contributed by atoms with Crippen LogP contribution in [0, 0.1) is 35.5 Å². The maximum Gasteiger partial charge on any atom is 0.251 e. The summed E-state index contributed by atoms with van der Waals surface area (Å²) < 4.78 is 40.0. The molecule has 2 aliphatic rings. The summed E-state index contributed by atoms with van der Waals surface area (Å²) in [6.45, 7) is 2.33. The molecular formula is C18H24F3N. The summed E-state index contributed by atoms with van der Waals surface area (Å²) in [4.78, 5) is 3.06. The summed E-state index contributed by atoms with van der Waals surface area (Å²) in [5.74, 6) is -0.841. The third kappa shape index (κ3) is 3.31. The number of rotatable bonds is 2. The highest BCUT2D eigenvalue weighted by molar-refractivity contribution is 5.19. The topological polar surface area (TPSA) is 12.9 Å². The Hall–Kier alpha value is -1.06. The fourth-order valence-corrected chi connectivity index (χ4v) is 4.40. The normalized spacial score (nSPS) is 32.9. The van der Waals surface area contributed by atoms with E-state index in [4.69, 9.17) is 0 Å². The number of hydrogen-bond donors (Lipinski definition) is 0. The minimum atomic E-state index is -1.34. The molecule has 122 valence electrons. The molecule has 0 bridgehead atoms. The fraction of sp³-hybridized carbons (Fsp3) is 0.722. The van der Waals surface area contributed by atoms with Crippen LogP contribution < -0.4 is 0 Å². The first-order chi connectivity index (χ1) is 10.5. The van der Waals surface area contributed by atoms with E-state index in [1.807, 2.05) is 0 Å². The molecule has 1 aromatic heterocycles. The molecule has 1 nitrogen and oxygen atoms in total. The number of nitrogens with zero attached hydrogens (tertiary/aromatic N) is 1. The molecule has 1 aromatic rings. The standard InChI is InChI=1S/C18H24F3N/c1-11-2-4-12(5-3-11)13-6-8-14(9-7-13)15-10-16(19)18(21)22-17(15)20/h10-14H,2-9H2,1H3. The van der Waals surface area contributed by atoms with Gasteiger partial charge in [-0.2, -0.15) is 13.8 Å². The molecule has 0 amide bonds. The number of aromatic nitrogens is 1. The van der Waals surface area contributed by atoms with Gasteiger partial charge >= 0.3 is 0 Å². The SMILES string of the molecule is CC1CCC(C2CCC(c3cc(F)c(F)nc3F)CC2)CC1. The quantitative estimate of drug-likeness (QED) is 0.648. The van der Waals surface area contributed by atoms with Gasteiger partial charge in [0.05, 0.1) is 0 Å². The van der Waals surface area contributed by atoms with Gasteiger partial charge in [0.2, 0.25) is 5.95 Å². The number of halogens is 3. The predicted molar refractivity (Wildman–Crippen MR) is 79.9 cm³/mol. The first-order valence-corrected chi connectivity index (χ1v) is 8.56. The van der Waals surface area contributed by atoms with Crippen LogP contribution in [0.25, 0.3) is 0 Å². The average Bonchev–Trinajstić information content (AvgIpc) is 2.52. The Morgan fingerprint density at radius 1 is 0.818 bits per heavy atom. The van der Waals surface area contributed by atoms with E-state index in [-0.39, 0.29) is 11.5 Å². The Bertz CT molecular complexity index is 515. The third-order valence-corrected chi connectivity index (χ3v) is 5.85. The van der Waals surface area contributed by atoms with E-state index < -0.39 is 17.7 Å². The fourth-order valence-electron chi connectivity index (χ4n) is 4.40. The molecule has 0 N–H and O–H groups in total. The van der Waals surface area contributed by atoms with Crippen LogP contribution in [0.2, 0.25) is 0 Å². The average molecular weight is 311 g/mol. The lowest BCUT2D eigenvalue weighted by Gasteiger charge is -2.37. The largest absolute Gasteiger partial charge is 0.251 e. The van der Waals surface area contributed by atoms with Gasteiger partial charge in [-0.25, -0.2) is 4.39 Å². The van der Waals surface area contributed by atoms with Crippen LogP contribution in [-0.4, -0.2) is 4.98 Å². The highest BCUT2D eigenvalue weighted by atomic mass is 19.2. The summed E-state index contributed by atoms with van der Waals surface area (Å²) in [6, 6.07) is 1.00. The van der Waals surface area contributed by atoms with Gasteiger partial charge in [-0.05, 0) is 68.3 Å². The van der Waals surface area contributed by atoms with Gasteiger partial charge in [-0.3, -0.25) is 0 Å². The Morgan fingerprint density at radius 3 is 1.95 bits per heavy atom. The van der Waals surface area contributed by atoms with Gasteiger partial charge in [-0.15, -0.1) is 0 Å². The zero-order valence-corrected chi connectivity index (χ0v) is 13.1. The Kier molecular flexibility index (Phi) is 4.74. The lowest BCUT2D eigenvalue weighted by molar-refractivity contribution is 0.164. The van der Waals surface area contributed by atoms with Crippen LogP contribution in [0.15, 0.2) is 6.07 Å². The molecule has 2 fully saturated rings. The van der Waals surface area contributed by atoms with Crippen LogP contribution >= 0.6 is 0 Å². The molecule has 0 radical (unpaired) electrons. The van der Waals surface area contributed by atoms with Crippen molar-refractivity contribution in [2.24, 2.45) is 17.8 Å². The molecule has 0 unspecified atom stereocenters. The number of hydrogen-bond acceptors (Lipinski definition) is 1. The first kappa shape index (κ1) is 15.8. The monoisotopic (exact) mass is 311 g/mol. The van der Waals surface area contributed by atoms with Crippen molar-refractivity contribution in [1.82, 2.24) is 4.98 Å². The zero-order chi connectivity index (χ0) is 15.7. The summed E-state index contributed by atoms with van der Waals surface area (Å²) >= 11 is 0. The maximum absolute atomic E-state index is 13.8. The third-order valence-electron chi connectivity index (χ3n) is 5.85. The van der Waals surface area contributed by atoms with Crippen molar-refractivity contribution in [2.45, 2.75) is 64.2 Å². The van der Waals surface area contributed by atoms with E-state index in [0.717, 1.165) is 49.5 Å². The lowest BCUT2D eigenvalue weighted by atomic mass is 9.68. The van der Waals surface area contributed by atoms with Crippen LogP contribution in [0.1, 0.15) is 69.8 Å². The van der Waals surface area contributed by atoms with Crippen molar-refractivity contribution >= 4 is 0 Å². The summed E-state index contributed by atoms with van der Waals surface area (Å²) in [7, 11) is 0. The molecule has 0 spiro atoms. The Balaban J connectivity index is 1.61. The second kappa shape index (κ2) is 6.59. The van der Waals surface area contributed by atoms with Crippen LogP contribution in [0.3, 0.4) is 0 Å². The molecule has 22 heavy (non-hydrogen) atoms. The lowest BCUT2D eigenvalue weighted by Crippen LogP contribution is -2.25. The molecule has 0 atom stereocenters. The molecule has 4 heteroatoms. The van der Waals surface area contributed by atoms with E-state index in [1.54, 1.807) is 0 Å². The van der Waals surface area contributed by atoms with Crippen LogP contribution in [0.4, 0.5) is 13.2 Å². The number of pyridine rings is 1. The van der Waals surface area contributed by atoms with Gasteiger partial charge in [-0.1, -0.05) is 19.8 Å². The second-order valence-electron chi connectivity index (χ2n) is 7.27. The van der Waals surface area contributed by atoms with E-state index in [0.29, 0.717) is 0 Å². The first-order valence-electron chi connectivity index (χ1n) is 8.56. The molecular weight excluding hydrogens is 287 g/mol. The van der Waals surface area contributed by atoms with E-state index in [2.05, 4.69) is 11.9 Å². The van der Waals surface area contributed by atoms with Crippen molar-refractivity contribution in [1.29, 1.82) is 0 Å². The highest BCUT2D eigenvalue weighted by Gasteiger charge is 2.31. The van der Waals surface area contributed by atoms with Crippen molar-refractivity contribution in [3.05, 3.63) is 29.3 Å². The smallest absolute Gasteiger partial charge is 0.202 e. The van der Waals surface area contributed by atoms with Gasteiger partial charge in [0.25, 0.3) is 5.95 Å². The Labute approximate surface area is 130 Å². The molecule has 0 aliphatic heterocycles. The van der Waals surface area contributed by atoms with Gasteiger partial charge in [0.15, 0.2) is 5.82 Å². The maximum atomic E-state index is 13.8. The van der Waals surface area contributed by atoms with Gasteiger partial charge in [0, 0.05) is 5.56 Å².